The lowest BCUT2D eigenvalue weighted by atomic mass is 9.96. The van der Waals surface area contributed by atoms with Crippen molar-refractivity contribution in [2.24, 2.45) is 0 Å². The number of aromatic nitrogens is 2. The molecule has 6 heteroatoms. The molecular weight excluding hydrogens is 374 g/mol. The van der Waals surface area contributed by atoms with E-state index in [0.29, 0.717) is 29.3 Å². The van der Waals surface area contributed by atoms with Crippen molar-refractivity contribution in [1.82, 2.24) is 14.7 Å². The van der Waals surface area contributed by atoms with Gasteiger partial charge >= 0.3 is 0 Å². The van der Waals surface area contributed by atoms with Crippen LogP contribution in [0.2, 0.25) is 5.02 Å². The summed E-state index contributed by atoms with van der Waals surface area (Å²) in [5.74, 6) is 0.571. The Hall–Kier alpha value is -2.79. The summed E-state index contributed by atoms with van der Waals surface area (Å²) in [5, 5.41) is 4.81. The molecular formula is C22H20ClN3O2. The lowest BCUT2D eigenvalue weighted by Gasteiger charge is -2.20. The summed E-state index contributed by atoms with van der Waals surface area (Å²) in [6.07, 6.45) is 5.29. The number of ether oxygens (including phenoxy) is 1. The average molecular weight is 394 g/mol. The molecule has 0 spiro atoms. The van der Waals surface area contributed by atoms with Gasteiger partial charge in [0.25, 0.3) is 5.91 Å². The zero-order valence-corrected chi connectivity index (χ0v) is 16.3. The van der Waals surface area contributed by atoms with E-state index in [4.69, 9.17) is 16.3 Å². The predicted molar refractivity (Wildman–Crippen MR) is 107 cm³/mol. The van der Waals surface area contributed by atoms with E-state index in [-0.39, 0.29) is 12.0 Å². The van der Waals surface area contributed by atoms with E-state index < -0.39 is 0 Å². The Bertz CT molecular complexity index is 1040. The van der Waals surface area contributed by atoms with Crippen molar-refractivity contribution in [3.63, 3.8) is 0 Å². The predicted octanol–water partition coefficient (Wildman–Crippen LogP) is 4.03. The Morgan fingerprint density at radius 2 is 2.11 bits per heavy atom. The van der Waals surface area contributed by atoms with Gasteiger partial charge in [0.2, 0.25) is 0 Å². The van der Waals surface area contributed by atoms with Crippen LogP contribution in [0, 0.1) is 6.92 Å². The lowest BCUT2D eigenvalue weighted by Crippen LogP contribution is -2.28. The van der Waals surface area contributed by atoms with Gasteiger partial charge in [-0.05, 0) is 54.3 Å². The first-order chi connectivity index (χ1) is 13.6. The van der Waals surface area contributed by atoms with E-state index in [9.17, 15) is 4.79 Å². The number of carbonyl (C=O) groups excluding carboxylic acids is 1. The quantitative estimate of drug-likeness (QED) is 0.675. The van der Waals surface area contributed by atoms with E-state index >= 15 is 0 Å². The maximum Gasteiger partial charge on any atom is 0.257 e. The molecule has 1 amide bonds. The van der Waals surface area contributed by atoms with Crippen LogP contribution in [0.4, 0.5) is 0 Å². The first kappa shape index (κ1) is 17.3. The molecule has 3 heterocycles. The minimum Gasteiger partial charge on any atom is -0.486 e. The average Bonchev–Trinajstić information content (AvgIpc) is 3.37. The van der Waals surface area contributed by atoms with Crippen LogP contribution in [0.1, 0.15) is 33.5 Å². The molecule has 0 aliphatic carbocycles. The molecule has 5 nitrogen and oxygen atoms in total. The maximum absolute atomic E-state index is 12.9. The smallest absolute Gasteiger partial charge is 0.257 e. The van der Waals surface area contributed by atoms with E-state index in [0.717, 1.165) is 35.3 Å². The van der Waals surface area contributed by atoms with Crippen LogP contribution in [0.15, 0.2) is 48.8 Å². The minimum atomic E-state index is 0.0205. The fourth-order valence-corrected chi connectivity index (χ4v) is 4.26. The Morgan fingerprint density at radius 1 is 1.29 bits per heavy atom. The van der Waals surface area contributed by atoms with Gasteiger partial charge in [0.05, 0.1) is 22.8 Å². The van der Waals surface area contributed by atoms with Crippen LogP contribution in [0.3, 0.4) is 0 Å². The summed E-state index contributed by atoms with van der Waals surface area (Å²) in [6.45, 7) is 3.39. The number of hydrogen-bond acceptors (Lipinski definition) is 3. The minimum absolute atomic E-state index is 0.0205. The fraction of sp³-hybridized carbons (Fsp3) is 0.273. The van der Waals surface area contributed by atoms with Gasteiger partial charge in [-0.15, -0.1) is 0 Å². The summed E-state index contributed by atoms with van der Waals surface area (Å²) in [5.41, 5.74) is 4.77. The second-order valence-electron chi connectivity index (χ2n) is 7.42. The molecule has 3 aromatic rings. The highest BCUT2D eigenvalue weighted by Crippen LogP contribution is 2.39. The monoisotopic (exact) mass is 393 g/mol. The van der Waals surface area contributed by atoms with Gasteiger partial charge in [-0.3, -0.25) is 4.79 Å². The molecule has 1 fully saturated rings. The van der Waals surface area contributed by atoms with Crippen molar-refractivity contribution in [2.75, 3.05) is 13.1 Å². The van der Waals surface area contributed by atoms with E-state index in [1.165, 1.54) is 0 Å². The highest BCUT2D eigenvalue weighted by atomic mass is 35.5. The molecule has 2 aromatic carbocycles. The molecule has 142 valence electrons. The number of rotatable bonds is 3. The third kappa shape index (κ3) is 2.87. The van der Waals surface area contributed by atoms with Crippen LogP contribution in [-0.2, 0) is 6.42 Å². The summed E-state index contributed by atoms with van der Waals surface area (Å²) >= 11 is 6.64. The third-order valence-corrected chi connectivity index (χ3v) is 6.08. The van der Waals surface area contributed by atoms with Crippen LogP contribution in [-0.4, -0.2) is 39.8 Å². The SMILES string of the molecule is Cc1c(Cc2ccc(-n3cccn3)cc2)cc2c(c1Cl)O[C@H]1CCN(C1)C2=O. The summed E-state index contributed by atoms with van der Waals surface area (Å²) < 4.78 is 7.92. The third-order valence-electron chi connectivity index (χ3n) is 5.62. The number of fused-ring (bicyclic) bond motifs is 3. The zero-order valence-electron chi connectivity index (χ0n) is 15.6. The number of carbonyl (C=O) groups is 1. The Labute approximate surface area is 168 Å². The molecule has 1 atom stereocenters. The summed E-state index contributed by atoms with van der Waals surface area (Å²) in [7, 11) is 0. The Balaban J connectivity index is 1.48. The normalized spacial score (nSPS) is 18.0. The Kier molecular flexibility index (Phi) is 4.13. The largest absolute Gasteiger partial charge is 0.486 e. The zero-order chi connectivity index (χ0) is 19.3. The molecule has 0 unspecified atom stereocenters. The highest BCUT2D eigenvalue weighted by molar-refractivity contribution is 6.33. The number of hydrogen-bond donors (Lipinski definition) is 0. The van der Waals surface area contributed by atoms with Gasteiger partial charge in [0, 0.05) is 25.4 Å². The molecule has 1 saturated heterocycles. The van der Waals surface area contributed by atoms with Crippen molar-refractivity contribution in [3.05, 3.63) is 76.1 Å². The number of halogens is 1. The van der Waals surface area contributed by atoms with Crippen LogP contribution in [0.25, 0.3) is 5.69 Å². The molecule has 2 aliphatic rings. The number of benzene rings is 2. The van der Waals surface area contributed by atoms with Crippen molar-refractivity contribution < 1.29 is 9.53 Å². The second kappa shape index (κ2) is 6.67. The maximum atomic E-state index is 12.9. The van der Waals surface area contributed by atoms with Gasteiger partial charge in [0.15, 0.2) is 5.75 Å². The molecule has 1 aromatic heterocycles. The van der Waals surface area contributed by atoms with Gasteiger partial charge in [-0.2, -0.15) is 5.10 Å². The van der Waals surface area contributed by atoms with Crippen LogP contribution < -0.4 is 4.74 Å². The standard InChI is InChI=1S/C22H20ClN3O2/c1-14-16(11-15-3-5-17(6-4-15)26-9-2-8-24-26)12-19-21(20(14)23)28-18-7-10-25(13-18)22(19)27/h2-6,8-9,12,18H,7,10-11,13H2,1H3/t18-/m0/s1. The fourth-order valence-electron chi connectivity index (χ4n) is 3.99. The summed E-state index contributed by atoms with van der Waals surface area (Å²) in [6, 6.07) is 12.1. The molecule has 0 saturated carbocycles. The highest BCUT2D eigenvalue weighted by Gasteiger charge is 2.36. The van der Waals surface area contributed by atoms with E-state index in [2.05, 4.69) is 17.2 Å². The van der Waals surface area contributed by atoms with E-state index in [1.807, 2.05) is 47.0 Å². The molecule has 0 radical (unpaired) electrons. The van der Waals surface area contributed by atoms with Crippen molar-refractivity contribution in [1.29, 1.82) is 0 Å². The number of nitrogens with zero attached hydrogens (tertiary/aromatic N) is 3. The molecule has 28 heavy (non-hydrogen) atoms. The lowest BCUT2D eigenvalue weighted by molar-refractivity contribution is 0.0792. The van der Waals surface area contributed by atoms with E-state index in [1.54, 1.807) is 6.20 Å². The van der Waals surface area contributed by atoms with Gasteiger partial charge in [-0.25, -0.2) is 4.68 Å². The van der Waals surface area contributed by atoms with Crippen LogP contribution in [0.5, 0.6) is 5.75 Å². The van der Waals surface area contributed by atoms with Crippen molar-refractivity contribution >= 4 is 17.5 Å². The van der Waals surface area contributed by atoms with Crippen LogP contribution >= 0.6 is 11.6 Å². The first-order valence-corrected chi connectivity index (χ1v) is 9.85. The topological polar surface area (TPSA) is 47.4 Å². The molecule has 2 aliphatic heterocycles. The first-order valence-electron chi connectivity index (χ1n) is 9.47. The molecule has 2 bridgehead atoms. The van der Waals surface area contributed by atoms with Crippen molar-refractivity contribution in [3.8, 4) is 11.4 Å². The van der Waals surface area contributed by atoms with Gasteiger partial charge in [0.1, 0.15) is 6.10 Å². The second-order valence-corrected chi connectivity index (χ2v) is 7.80. The Morgan fingerprint density at radius 3 is 2.86 bits per heavy atom. The van der Waals surface area contributed by atoms with Gasteiger partial charge < -0.3 is 9.64 Å². The van der Waals surface area contributed by atoms with Gasteiger partial charge in [-0.1, -0.05) is 23.7 Å². The van der Waals surface area contributed by atoms with Crippen molar-refractivity contribution in [2.45, 2.75) is 25.9 Å². The molecule has 0 N–H and O–H groups in total. The number of amides is 1. The summed E-state index contributed by atoms with van der Waals surface area (Å²) in [4.78, 5) is 14.8. The molecule has 5 rings (SSSR count).